The minimum absolute atomic E-state index is 0.240. The molecule has 0 saturated heterocycles. The largest absolute Gasteiger partial charge is 0.459 e. The summed E-state index contributed by atoms with van der Waals surface area (Å²) in [6.07, 6.45) is 0. The Morgan fingerprint density at radius 3 is 2.67 bits per heavy atom. The number of hydrogen-bond donors (Lipinski definition) is 3. The third-order valence-corrected chi connectivity index (χ3v) is 4.12. The zero-order chi connectivity index (χ0) is 20.0. The Morgan fingerprint density at radius 2 is 2.04 bits per heavy atom. The molecule has 0 aliphatic rings. The first-order chi connectivity index (χ1) is 12.7. The second-order valence-corrected chi connectivity index (χ2v) is 7.09. The first-order valence-corrected chi connectivity index (χ1v) is 8.77. The summed E-state index contributed by atoms with van der Waals surface area (Å²) in [4.78, 5) is 11.2. The summed E-state index contributed by atoms with van der Waals surface area (Å²) in [6.45, 7) is 3.97. The number of nitrogens with two attached hydrogens (primary N) is 1. The third-order valence-electron chi connectivity index (χ3n) is 3.91. The average molecular weight is 396 g/mol. The van der Waals surface area contributed by atoms with Gasteiger partial charge in [-0.1, -0.05) is 29.8 Å². The Balaban J connectivity index is 1.88. The van der Waals surface area contributed by atoms with Crippen LogP contribution in [-0.4, -0.2) is 33.9 Å². The van der Waals surface area contributed by atoms with Gasteiger partial charge in [-0.2, -0.15) is 5.06 Å². The van der Waals surface area contributed by atoms with Crippen molar-refractivity contribution in [1.29, 1.82) is 0 Å². The van der Waals surface area contributed by atoms with E-state index in [-0.39, 0.29) is 18.4 Å². The van der Waals surface area contributed by atoms with E-state index in [9.17, 15) is 14.4 Å². The Morgan fingerprint density at radius 1 is 1.37 bits per heavy atom. The lowest BCUT2D eigenvalue weighted by atomic mass is 10.2. The number of carbonyl (C=O) groups is 1. The minimum Gasteiger partial charge on any atom is -0.459 e. The molecule has 6 nitrogen and oxygen atoms in total. The molecular formula is C19H23ClFN3O3. The van der Waals surface area contributed by atoms with E-state index in [0.717, 1.165) is 10.6 Å². The molecule has 0 aliphatic carbocycles. The smallest absolute Gasteiger partial charge is 0.248 e. The van der Waals surface area contributed by atoms with Crippen molar-refractivity contribution in [2.24, 2.45) is 5.73 Å². The van der Waals surface area contributed by atoms with Gasteiger partial charge >= 0.3 is 0 Å². The van der Waals surface area contributed by atoms with E-state index in [2.05, 4.69) is 5.32 Å². The molecule has 0 saturated carbocycles. The van der Waals surface area contributed by atoms with Crippen molar-refractivity contribution < 1.29 is 19.1 Å². The fourth-order valence-electron chi connectivity index (χ4n) is 2.34. The van der Waals surface area contributed by atoms with Crippen LogP contribution in [0.4, 0.5) is 4.39 Å². The van der Waals surface area contributed by atoms with Gasteiger partial charge in [-0.25, -0.2) is 4.39 Å². The Bertz CT molecular complexity index is 771. The fourth-order valence-corrected chi connectivity index (χ4v) is 2.50. The van der Waals surface area contributed by atoms with Gasteiger partial charge in [0.05, 0.1) is 0 Å². The van der Waals surface area contributed by atoms with Crippen molar-refractivity contribution in [2.75, 3.05) is 6.54 Å². The molecule has 1 amide bonds. The molecule has 4 N–H and O–H groups in total. The van der Waals surface area contributed by atoms with E-state index >= 15 is 0 Å². The van der Waals surface area contributed by atoms with Crippen LogP contribution in [0.25, 0.3) is 0 Å². The number of nitrogens with one attached hydrogen (secondary N) is 1. The highest BCUT2D eigenvalue weighted by Crippen LogP contribution is 2.21. The van der Waals surface area contributed by atoms with Gasteiger partial charge in [0.1, 0.15) is 11.6 Å². The first kappa shape index (κ1) is 21.1. The van der Waals surface area contributed by atoms with Gasteiger partial charge < -0.3 is 15.7 Å². The zero-order valence-corrected chi connectivity index (χ0v) is 15.9. The maximum atomic E-state index is 12.9. The third kappa shape index (κ3) is 6.80. The fraction of sp³-hybridized carbons (Fsp3) is 0.316. The molecule has 27 heavy (non-hydrogen) atoms. The van der Waals surface area contributed by atoms with Gasteiger partial charge in [0, 0.05) is 31.6 Å². The molecule has 146 valence electrons. The molecule has 0 bridgehead atoms. The number of benzene rings is 2. The van der Waals surface area contributed by atoms with Crippen LogP contribution in [0.5, 0.6) is 5.75 Å². The van der Waals surface area contributed by atoms with Crippen LogP contribution in [-0.2, 0) is 6.54 Å². The van der Waals surface area contributed by atoms with Crippen molar-refractivity contribution >= 4 is 17.5 Å². The molecule has 2 aromatic carbocycles. The van der Waals surface area contributed by atoms with Crippen LogP contribution in [0.1, 0.15) is 29.8 Å². The standard InChI is InChI=1S/C19H23ClFN3O3/c1-13(24(26)12-14-6-8-16(21)9-7-14)11-23-19(2,20)27-17-5-3-4-15(10-17)18(22)25/h3-10,13,23,26H,11-12H2,1-2H3,(H2,22,25). The predicted octanol–water partition coefficient (Wildman–Crippen LogP) is 3.09. The lowest BCUT2D eigenvalue weighted by molar-refractivity contribution is -0.131. The molecule has 2 aromatic rings. The molecule has 2 unspecified atom stereocenters. The van der Waals surface area contributed by atoms with Gasteiger partial charge in [-0.05, 0) is 42.8 Å². The molecule has 0 fully saturated rings. The van der Waals surface area contributed by atoms with E-state index in [1.54, 1.807) is 44.2 Å². The lowest BCUT2D eigenvalue weighted by Crippen LogP contribution is -2.48. The summed E-state index contributed by atoms with van der Waals surface area (Å²) in [5, 5.41) is 13.0. The molecular weight excluding hydrogens is 373 g/mol. The Kier molecular flexibility index (Phi) is 7.15. The number of halogens is 2. The predicted molar refractivity (Wildman–Crippen MR) is 101 cm³/mol. The van der Waals surface area contributed by atoms with E-state index in [1.807, 2.05) is 0 Å². The summed E-state index contributed by atoms with van der Waals surface area (Å²) in [5.41, 5.74) is 6.34. The van der Waals surface area contributed by atoms with Gasteiger partial charge in [-0.15, -0.1) is 0 Å². The van der Waals surface area contributed by atoms with Crippen molar-refractivity contribution in [3.63, 3.8) is 0 Å². The number of hydrogen-bond acceptors (Lipinski definition) is 5. The number of hydroxylamine groups is 2. The topological polar surface area (TPSA) is 87.8 Å². The Labute approximate surface area is 162 Å². The van der Waals surface area contributed by atoms with Crippen molar-refractivity contribution in [3.05, 3.63) is 65.5 Å². The second kappa shape index (κ2) is 9.14. The number of carbonyl (C=O) groups excluding carboxylic acids is 1. The number of nitrogens with zero attached hydrogens (tertiary/aromatic N) is 1. The first-order valence-electron chi connectivity index (χ1n) is 8.39. The molecule has 2 atom stereocenters. The van der Waals surface area contributed by atoms with Gasteiger partial charge in [0.2, 0.25) is 11.1 Å². The molecule has 0 aromatic heterocycles. The molecule has 2 rings (SSSR count). The van der Waals surface area contributed by atoms with Gasteiger partial charge in [0.15, 0.2) is 0 Å². The molecule has 0 spiro atoms. The van der Waals surface area contributed by atoms with Crippen LogP contribution in [0.3, 0.4) is 0 Å². The molecule has 0 aliphatic heterocycles. The van der Waals surface area contributed by atoms with E-state index < -0.39 is 11.1 Å². The quantitative estimate of drug-likeness (QED) is 0.263. The van der Waals surface area contributed by atoms with Crippen LogP contribution < -0.4 is 15.8 Å². The summed E-state index contributed by atoms with van der Waals surface area (Å²) in [7, 11) is 0. The van der Waals surface area contributed by atoms with Crippen molar-refractivity contribution in [1.82, 2.24) is 10.4 Å². The number of primary amides is 1. The van der Waals surface area contributed by atoms with Crippen molar-refractivity contribution in [2.45, 2.75) is 31.6 Å². The SMILES string of the molecule is CC(CNC(C)(Cl)Oc1cccc(C(N)=O)c1)N(O)Cc1ccc(F)cc1. The number of ether oxygens (including phenoxy) is 1. The number of amides is 1. The molecule has 0 radical (unpaired) electrons. The summed E-state index contributed by atoms with van der Waals surface area (Å²) >= 11 is 6.34. The summed E-state index contributed by atoms with van der Waals surface area (Å²) in [6, 6.07) is 12.0. The highest BCUT2D eigenvalue weighted by atomic mass is 35.5. The van der Waals surface area contributed by atoms with Gasteiger partial charge in [0.25, 0.3) is 0 Å². The van der Waals surface area contributed by atoms with Crippen molar-refractivity contribution in [3.8, 4) is 5.75 Å². The highest BCUT2D eigenvalue weighted by Gasteiger charge is 2.24. The van der Waals surface area contributed by atoms with Crippen LogP contribution >= 0.6 is 11.6 Å². The van der Waals surface area contributed by atoms with E-state index in [4.69, 9.17) is 22.1 Å². The van der Waals surface area contributed by atoms with Gasteiger partial charge in [-0.3, -0.25) is 10.1 Å². The maximum Gasteiger partial charge on any atom is 0.248 e. The zero-order valence-electron chi connectivity index (χ0n) is 15.2. The normalized spacial score (nSPS) is 14.6. The van der Waals surface area contributed by atoms with E-state index in [0.29, 0.717) is 17.9 Å². The minimum atomic E-state index is -1.26. The highest BCUT2D eigenvalue weighted by molar-refractivity contribution is 6.22. The Hall–Kier alpha value is -2.19. The number of alkyl halides is 1. The maximum absolute atomic E-state index is 12.9. The summed E-state index contributed by atoms with van der Waals surface area (Å²) < 4.78 is 18.6. The molecule has 8 heteroatoms. The van der Waals surface area contributed by atoms with Crippen LogP contribution in [0, 0.1) is 5.82 Å². The lowest BCUT2D eigenvalue weighted by Gasteiger charge is -2.29. The summed E-state index contributed by atoms with van der Waals surface area (Å²) in [5.74, 6) is -0.500. The van der Waals surface area contributed by atoms with Crippen LogP contribution in [0.15, 0.2) is 48.5 Å². The monoisotopic (exact) mass is 395 g/mol. The average Bonchev–Trinajstić information content (AvgIpc) is 2.61. The van der Waals surface area contributed by atoms with Crippen LogP contribution in [0.2, 0.25) is 0 Å². The second-order valence-electron chi connectivity index (χ2n) is 6.36. The van der Waals surface area contributed by atoms with E-state index in [1.165, 1.54) is 18.2 Å². The number of rotatable bonds is 9. The molecule has 0 heterocycles.